The first-order chi connectivity index (χ1) is 5.29. The molecule has 0 aliphatic carbocycles. The Labute approximate surface area is 63.2 Å². The molecule has 4 nitrogen and oxygen atoms in total. The summed E-state index contributed by atoms with van der Waals surface area (Å²) >= 11 is 0. The topological polar surface area (TPSA) is 59.6 Å². The van der Waals surface area contributed by atoms with Crippen LogP contribution in [0.4, 0.5) is 0 Å². The van der Waals surface area contributed by atoms with Crippen LogP contribution in [0, 0.1) is 4.91 Å². The van der Waals surface area contributed by atoms with Crippen molar-refractivity contribution in [2.45, 2.75) is 13.0 Å². The van der Waals surface area contributed by atoms with E-state index < -0.39 is 6.04 Å². The molecule has 1 unspecified atom stereocenters. The molecular formula is C7H7NO3. The zero-order valence-electron chi connectivity index (χ0n) is 5.98. The Morgan fingerprint density at radius 3 is 3.00 bits per heavy atom. The molecule has 0 N–H and O–H groups in total. The van der Waals surface area contributed by atoms with Gasteiger partial charge in [0.2, 0.25) is 0 Å². The molecule has 1 aromatic rings. The van der Waals surface area contributed by atoms with Crippen LogP contribution in [0.25, 0.3) is 0 Å². The fraction of sp³-hybridized carbons (Fsp3) is 0.286. The maximum Gasteiger partial charge on any atom is 0.153 e. The molecule has 4 heteroatoms. The van der Waals surface area contributed by atoms with Crippen LogP contribution in [0.3, 0.4) is 0 Å². The van der Waals surface area contributed by atoms with E-state index in [0.717, 1.165) is 0 Å². The molecule has 0 aliphatic heterocycles. The van der Waals surface area contributed by atoms with Crippen molar-refractivity contribution in [2.24, 2.45) is 5.18 Å². The molecule has 0 aromatic carbocycles. The van der Waals surface area contributed by atoms with Crippen LogP contribution in [-0.2, 0) is 0 Å². The first-order valence-electron chi connectivity index (χ1n) is 3.14. The van der Waals surface area contributed by atoms with E-state index >= 15 is 0 Å². The highest BCUT2D eigenvalue weighted by atomic mass is 16.3. The van der Waals surface area contributed by atoms with E-state index in [1.54, 1.807) is 6.92 Å². The van der Waals surface area contributed by atoms with Crippen LogP contribution in [-0.4, -0.2) is 6.29 Å². The SMILES string of the molecule is CC(N=O)c1occc1C=O. The van der Waals surface area contributed by atoms with Gasteiger partial charge in [0.1, 0.15) is 11.8 Å². The third kappa shape index (κ3) is 1.34. The Morgan fingerprint density at radius 1 is 1.73 bits per heavy atom. The van der Waals surface area contributed by atoms with E-state index in [4.69, 9.17) is 4.42 Å². The number of nitroso groups, excluding NO2 is 1. The summed E-state index contributed by atoms with van der Waals surface area (Å²) in [4.78, 5) is 20.4. The minimum Gasteiger partial charge on any atom is -0.466 e. The van der Waals surface area contributed by atoms with Gasteiger partial charge in [-0.3, -0.25) is 4.79 Å². The second-order valence-corrected chi connectivity index (χ2v) is 2.14. The lowest BCUT2D eigenvalue weighted by atomic mass is 10.2. The largest absolute Gasteiger partial charge is 0.466 e. The van der Waals surface area contributed by atoms with Crippen LogP contribution in [0.5, 0.6) is 0 Å². The second kappa shape index (κ2) is 3.09. The minimum atomic E-state index is -0.592. The summed E-state index contributed by atoms with van der Waals surface area (Å²) in [7, 11) is 0. The molecule has 1 atom stereocenters. The van der Waals surface area contributed by atoms with Crippen molar-refractivity contribution in [1.29, 1.82) is 0 Å². The van der Waals surface area contributed by atoms with Crippen LogP contribution in [0.15, 0.2) is 21.9 Å². The standard InChI is InChI=1S/C7H7NO3/c1-5(8-10)7-6(4-9)2-3-11-7/h2-5H,1H3. The molecule has 0 fully saturated rings. The number of aldehydes is 1. The van der Waals surface area contributed by atoms with Crippen molar-refractivity contribution < 1.29 is 9.21 Å². The molecule has 1 heterocycles. The van der Waals surface area contributed by atoms with Gasteiger partial charge in [-0.05, 0) is 13.0 Å². The molecular weight excluding hydrogens is 146 g/mol. The number of hydrogen-bond donors (Lipinski definition) is 0. The van der Waals surface area contributed by atoms with E-state index in [-0.39, 0.29) is 0 Å². The monoisotopic (exact) mass is 153 g/mol. The lowest BCUT2D eigenvalue weighted by Crippen LogP contribution is -1.90. The molecule has 0 bridgehead atoms. The van der Waals surface area contributed by atoms with Crippen molar-refractivity contribution in [3.8, 4) is 0 Å². The molecule has 0 saturated carbocycles. The van der Waals surface area contributed by atoms with Gasteiger partial charge in [0, 0.05) is 0 Å². The van der Waals surface area contributed by atoms with Crippen molar-refractivity contribution >= 4 is 6.29 Å². The van der Waals surface area contributed by atoms with E-state index in [2.05, 4.69) is 5.18 Å². The number of carbonyl (C=O) groups is 1. The van der Waals surface area contributed by atoms with Gasteiger partial charge in [0.15, 0.2) is 6.29 Å². The number of furan rings is 1. The van der Waals surface area contributed by atoms with E-state index in [0.29, 0.717) is 17.6 Å². The van der Waals surface area contributed by atoms with Crippen molar-refractivity contribution in [1.82, 2.24) is 0 Å². The maximum atomic E-state index is 10.3. The Hall–Kier alpha value is -1.45. The normalized spacial score (nSPS) is 12.5. The fourth-order valence-corrected chi connectivity index (χ4v) is 0.816. The van der Waals surface area contributed by atoms with Gasteiger partial charge in [0.25, 0.3) is 0 Å². The van der Waals surface area contributed by atoms with Crippen molar-refractivity contribution in [3.05, 3.63) is 28.6 Å². The highest BCUT2D eigenvalue weighted by Gasteiger charge is 2.13. The van der Waals surface area contributed by atoms with Crippen LogP contribution in [0.1, 0.15) is 29.1 Å². The van der Waals surface area contributed by atoms with Gasteiger partial charge < -0.3 is 4.42 Å². The second-order valence-electron chi connectivity index (χ2n) is 2.14. The van der Waals surface area contributed by atoms with Gasteiger partial charge in [0.05, 0.1) is 11.8 Å². The lowest BCUT2D eigenvalue weighted by Gasteiger charge is -1.96. The van der Waals surface area contributed by atoms with Gasteiger partial charge >= 0.3 is 0 Å². The zero-order chi connectivity index (χ0) is 8.27. The van der Waals surface area contributed by atoms with Gasteiger partial charge in [-0.25, -0.2) is 0 Å². The zero-order valence-corrected chi connectivity index (χ0v) is 5.98. The van der Waals surface area contributed by atoms with Crippen LogP contribution < -0.4 is 0 Å². The fourth-order valence-electron chi connectivity index (χ4n) is 0.816. The number of nitrogens with zero attached hydrogens (tertiary/aromatic N) is 1. The van der Waals surface area contributed by atoms with Gasteiger partial charge in [-0.15, -0.1) is 0 Å². The van der Waals surface area contributed by atoms with Gasteiger partial charge in [-0.1, -0.05) is 5.18 Å². The summed E-state index contributed by atoms with van der Waals surface area (Å²) in [6, 6.07) is 0.912. The Balaban J connectivity index is 3.00. The van der Waals surface area contributed by atoms with E-state index in [9.17, 15) is 9.70 Å². The molecule has 0 saturated heterocycles. The first-order valence-corrected chi connectivity index (χ1v) is 3.14. The predicted molar refractivity (Wildman–Crippen MR) is 38.3 cm³/mol. The van der Waals surface area contributed by atoms with Gasteiger partial charge in [-0.2, -0.15) is 4.91 Å². The third-order valence-electron chi connectivity index (χ3n) is 1.39. The summed E-state index contributed by atoms with van der Waals surface area (Å²) in [5.41, 5.74) is 0.386. The molecule has 0 aliphatic rings. The quantitative estimate of drug-likeness (QED) is 0.492. The average molecular weight is 153 g/mol. The Bertz CT molecular complexity index is 266. The summed E-state index contributed by atoms with van der Waals surface area (Å²) in [5, 5.41) is 2.74. The summed E-state index contributed by atoms with van der Waals surface area (Å²) < 4.78 is 4.88. The number of hydrogen-bond acceptors (Lipinski definition) is 4. The highest BCUT2D eigenvalue weighted by Crippen LogP contribution is 2.20. The molecule has 58 valence electrons. The molecule has 0 radical (unpaired) electrons. The molecule has 0 amide bonds. The molecule has 0 spiro atoms. The highest BCUT2D eigenvalue weighted by molar-refractivity contribution is 5.76. The third-order valence-corrected chi connectivity index (χ3v) is 1.39. The Kier molecular flexibility index (Phi) is 2.15. The lowest BCUT2D eigenvalue weighted by molar-refractivity contribution is 0.112. The summed E-state index contributed by atoms with van der Waals surface area (Å²) in [6.45, 7) is 1.57. The first kappa shape index (κ1) is 7.65. The average Bonchev–Trinajstić information content (AvgIpc) is 2.50. The minimum absolute atomic E-state index is 0.329. The Morgan fingerprint density at radius 2 is 2.45 bits per heavy atom. The predicted octanol–water partition coefficient (Wildman–Crippen LogP) is 1.92. The van der Waals surface area contributed by atoms with E-state index in [1.165, 1.54) is 12.3 Å². The molecule has 11 heavy (non-hydrogen) atoms. The number of rotatable bonds is 3. The molecule has 1 aromatic heterocycles. The van der Waals surface area contributed by atoms with Crippen molar-refractivity contribution in [3.63, 3.8) is 0 Å². The van der Waals surface area contributed by atoms with E-state index in [1.807, 2.05) is 0 Å². The van der Waals surface area contributed by atoms with Crippen LogP contribution in [0.2, 0.25) is 0 Å². The van der Waals surface area contributed by atoms with Crippen molar-refractivity contribution in [2.75, 3.05) is 0 Å². The maximum absolute atomic E-state index is 10.3. The smallest absolute Gasteiger partial charge is 0.153 e. The van der Waals surface area contributed by atoms with Crippen LogP contribution >= 0.6 is 0 Å². The number of carbonyl (C=O) groups excluding carboxylic acids is 1. The summed E-state index contributed by atoms with van der Waals surface area (Å²) in [5.74, 6) is 0.329. The summed E-state index contributed by atoms with van der Waals surface area (Å²) in [6.07, 6.45) is 2.00. The molecule has 1 rings (SSSR count).